The maximum absolute atomic E-state index is 11.9. The summed E-state index contributed by atoms with van der Waals surface area (Å²) < 4.78 is 5.26. The van der Waals surface area contributed by atoms with Gasteiger partial charge in [0.05, 0.1) is 5.69 Å². The smallest absolute Gasteiger partial charge is 0.326 e. The van der Waals surface area contributed by atoms with Crippen LogP contribution in [0.5, 0.6) is 0 Å². The van der Waals surface area contributed by atoms with Crippen molar-refractivity contribution >= 4 is 34.6 Å². The van der Waals surface area contributed by atoms with Gasteiger partial charge in [-0.05, 0) is 17.5 Å². The molecule has 0 spiro atoms. The Morgan fingerprint density at radius 2 is 2.13 bits per heavy atom. The molecule has 0 N–H and O–H groups in total. The molecular weight excluding hydrogens is 332 g/mol. The zero-order valence-electron chi connectivity index (χ0n) is 12.4. The third-order valence-corrected chi connectivity index (χ3v) is 4.58. The molecule has 0 radical (unpaired) electrons. The lowest BCUT2D eigenvalue weighted by Crippen LogP contribution is -2.28. The van der Waals surface area contributed by atoms with Gasteiger partial charge in [-0.25, -0.2) is 15.0 Å². The molecule has 0 atom stereocenters. The summed E-state index contributed by atoms with van der Waals surface area (Å²) in [6.07, 6.45) is 3.26. The maximum atomic E-state index is 11.9. The number of thiophene rings is 1. The Morgan fingerprint density at radius 1 is 1.30 bits per heavy atom. The molecule has 0 aliphatic heterocycles. The van der Waals surface area contributed by atoms with E-state index in [1.807, 2.05) is 22.2 Å². The highest BCUT2D eigenvalue weighted by molar-refractivity contribution is 7.14. The van der Waals surface area contributed by atoms with Gasteiger partial charge in [0, 0.05) is 35.8 Å². The van der Waals surface area contributed by atoms with E-state index in [0.717, 1.165) is 16.3 Å². The van der Waals surface area contributed by atoms with E-state index in [9.17, 15) is 4.79 Å². The zero-order valence-corrected chi connectivity index (χ0v) is 14.0. The van der Waals surface area contributed by atoms with Gasteiger partial charge in [-0.2, -0.15) is 11.3 Å². The normalized spacial score (nSPS) is 10.5. The second-order valence-electron chi connectivity index (χ2n) is 4.72. The van der Waals surface area contributed by atoms with Gasteiger partial charge in [0.15, 0.2) is 0 Å². The lowest BCUT2D eigenvalue weighted by molar-refractivity contribution is -0.143. The van der Waals surface area contributed by atoms with Crippen LogP contribution < -0.4 is 4.90 Å². The van der Waals surface area contributed by atoms with E-state index in [2.05, 4.69) is 15.0 Å². The van der Waals surface area contributed by atoms with Gasteiger partial charge in [-0.15, -0.1) is 11.3 Å². The number of nitrogens with zero attached hydrogens (tertiary/aromatic N) is 4. The zero-order chi connectivity index (χ0) is 16.1. The number of likely N-dealkylation sites (N-methyl/N-ethyl adjacent to an activating group) is 1. The fraction of sp³-hybridized carbons (Fsp3) is 0.200. The molecule has 0 saturated heterocycles. The van der Waals surface area contributed by atoms with Crippen molar-refractivity contribution in [3.63, 3.8) is 0 Å². The number of aromatic nitrogens is 3. The first-order valence-corrected chi connectivity index (χ1v) is 8.65. The van der Waals surface area contributed by atoms with E-state index in [4.69, 9.17) is 4.74 Å². The van der Waals surface area contributed by atoms with Crippen LogP contribution in [0.2, 0.25) is 0 Å². The molecule has 3 aromatic rings. The summed E-state index contributed by atoms with van der Waals surface area (Å²) in [6, 6.07) is 3.75. The number of ether oxygens (including phenoxy) is 1. The van der Waals surface area contributed by atoms with Gasteiger partial charge in [0.25, 0.3) is 0 Å². The Labute approximate surface area is 141 Å². The van der Waals surface area contributed by atoms with Crippen LogP contribution in [0.15, 0.2) is 40.7 Å². The molecule has 3 aromatic heterocycles. The molecule has 0 saturated carbocycles. The number of anilines is 1. The molecule has 3 heterocycles. The molecule has 6 nitrogen and oxygen atoms in total. The lowest BCUT2D eigenvalue weighted by Gasteiger charge is -2.15. The first kappa shape index (κ1) is 15.6. The molecule has 23 heavy (non-hydrogen) atoms. The molecular formula is C15H14N4O2S2. The number of rotatable bonds is 6. The van der Waals surface area contributed by atoms with Crippen molar-refractivity contribution in [2.24, 2.45) is 0 Å². The average molecular weight is 346 g/mol. The number of hydrogen-bond acceptors (Lipinski definition) is 8. The number of esters is 1. The van der Waals surface area contributed by atoms with Crippen LogP contribution in [0.3, 0.4) is 0 Å². The van der Waals surface area contributed by atoms with Gasteiger partial charge < -0.3 is 9.64 Å². The predicted octanol–water partition coefficient (Wildman–Crippen LogP) is 2.84. The molecule has 8 heteroatoms. The van der Waals surface area contributed by atoms with Crippen molar-refractivity contribution in [1.29, 1.82) is 0 Å². The monoisotopic (exact) mass is 346 g/mol. The van der Waals surface area contributed by atoms with E-state index in [0.29, 0.717) is 5.95 Å². The first-order valence-electron chi connectivity index (χ1n) is 6.83. The summed E-state index contributed by atoms with van der Waals surface area (Å²) in [5, 5.41) is 6.90. The van der Waals surface area contributed by atoms with Crippen LogP contribution in [-0.4, -0.2) is 34.5 Å². The van der Waals surface area contributed by atoms with E-state index in [1.165, 1.54) is 0 Å². The largest absolute Gasteiger partial charge is 0.458 e. The molecule has 0 aliphatic carbocycles. The Balaban J connectivity index is 1.51. The fourth-order valence-electron chi connectivity index (χ4n) is 1.84. The summed E-state index contributed by atoms with van der Waals surface area (Å²) in [6.45, 7) is 0.258. The Hall–Kier alpha value is -2.32. The molecule has 0 aromatic carbocycles. The standard InChI is InChI=1S/C15H14N4O2S2/c1-19(15-16-4-2-5-17-15)7-13(20)21-8-12-10-23-14(18-12)11-3-6-22-9-11/h2-6,9-10H,7-8H2,1H3. The van der Waals surface area contributed by atoms with Crippen LogP contribution in [0, 0.1) is 0 Å². The quantitative estimate of drug-likeness (QED) is 0.639. The number of hydrogen-bond donors (Lipinski definition) is 0. The molecule has 0 fully saturated rings. The average Bonchev–Trinajstić information content (AvgIpc) is 3.25. The van der Waals surface area contributed by atoms with Gasteiger partial charge in [0.1, 0.15) is 18.2 Å². The molecule has 0 unspecified atom stereocenters. The Kier molecular flexibility index (Phi) is 4.94. The Morgan fingerprint density at radius 3 is 2.87 bits per heavy atom. The molecule has 3 rings (SSSR count). The van der Waals surface area contributed by atoms with Crippen LogP contribution in [-0.2, 0) is 16.1 Å². The van der Waals surface area contributed by atoms with Crippen molar-refractivity contribution < 1.29 is 9.53 Å². The van der Waals surface area contributed by atoms with Crippen LogP contribution >= 0.6 is 22.7 Å². The number of thiazole rings is 1. The van der Waals surface area contributed by atoms with Gasteiger partial charge >= 0.3 is 5.97 Å². The minimum absolute atomic E-state index is 0.0888. The Bertz CT molecular complexity index is 759. The molecule has 0 amide bonds. The minimum Gasteiger partial charge on any atom is -0.458 e. The van der Waals surface area contributed by atoms with Crippen molar-refractivity contribution in [1.82, 2.24) is 15.0 Å². The summed E-state index contributed by atoms with van der Waals surface area (Å²) in [7, 11) is 1.74. The number of carbonyl (C=O) groups is 1. The van der Waals surface area contributed by atoms with E-state index >= 15 is 0 Å². The summed E-state index contributed by atoms with van der Waals surface area (Å²) in [5.41, 5.74) is 1.85. The van der Waals surface area contributed by atoms with Crippen molar-refractivity contribution in [3.05, 3.63) is 46.4 Å². The highest BCUT2D eigenvalue weighted by atomic mass is 32.1. The van der Waals surface area contributed by atoms with Crippen molar-refractivity contribution in [2.75, 3.05) is 18.5 Å². The van der Waals surface area contributed by atoms with Crippen molar-refractivity contribution in [3.8, 4) is 10.6 Å². The third-order valence-electron chi connectivity index (χ3n) is 2.96. The predicted molar refractivity (Wildman–Crippen MR) is 90.5 cm³/mol. The van der Waals surface area contributed by atoms with Crippen LogP contribution in [0.25, 0.3) is 10.6 Å². The van der Waals surface area contributed by atoms with Crippen LogP contribution in [0.1, 0.15) is 5.69 Å². The van der Waals surface area contributed by atoms with E-state index < -0.39 is 0 Å². The topological polar surface area (TPSA) is 68.2 Å². The van der Waals surface area contributed by atoms with Crippen molar-refractivity contribution in [2.45, 2.75) is 6.61 Å². The van der Waals surface area contributed by atoms with Gasteiger partial charge in [0.2, 0.25) is 5.95 Å². The fourth-order valence-corrected chi connectivity index (χ4v) is 3.36. The third kappa shape index (κ3) is 4.11. The second kappa shape index (κ2) is 7.30. The van der Waals surface area contributed by atoms with Gasteiger partial charge in [-0.3, -0.25) is 4.79 Å². The summed E-state index contributed by atoms with van der Waals surface area (Å²) in [5.74, 6) is 0.142. The molecule has 0 bridgehead atoms. The lowest BCUT2D eigenvalue weighted by atomic mass is 10.4. The SMILES string of the molecule is CN(CC(=O)OCc1csc(-c2ccsc2)n1)c1ncccn1. The van der Waals surface area contributed by atoms with Crippen LogP contribution in [0.4, 0.5) is 5.95 Å². The maximum Gasteiger partial charge on any atom is 0.326 e. The number of carbonyl (C=O) groups excluding carboxylic acids is 1. The molecule has 0 aliphatic rings. The summed E-state index contributed by atoms with van der Waals surface area (Å²) in [4.78, 5) is 26.2. The highest BCUT2D eigenvalue weighted by Crippen LogP contribution is 2.25. The van der Waals surface area contributed by atoms with E-state index in [-0.39, 0.29) is 19.1 Å². The second-order valence-corrected chi connectivity index (χ2v) is 6.36. The first-order chi connectivity index (χ1) is 11.2. The molecule has 118 valence electrons. The van der Waals surface area contributed by atoms with Gasteiger partial charge in [-0.1, -0.05) is 0 Å². The highest BCUT2D eigenvalue weighted by Gasteiger charge is 2.12. The van der Waals surface area contributed by atoms with E-state index in [1.54, 1.807) is 53.1 Å². The minimum atomic E-state index is -0.343. The summed E-state index contributed by atoms with van der Waals surface area (Å²) >= 11 is 3.17.